The number of rotatable bonds is 4. The van der Waals surface area contributed by atoms with Crippen molar-refractivity contribution < 1.29 is 0 Å². The first kappa shape index (κ1) is 14.3. The second-order valence-electron chi connectivity index (χ2n) is 4.53. The molecule has 2 aromatic rings. The number of halogens is 2. The fourth-order valence-electron chi connectivity index (χ4n) is 1.61. The minimum Gasteiger partial charge on any atom is -0.366 e. The number of nitrogens with zero attached hydrogens (tertiary/aromatic N) is 2. The molecule has 0 radical (unpaired) electrons. The first-order chi connectivity index (χ1) is 9.06. The summed E-state index contributed by atoms with van der Waals surface area (Å²) in [5, 5.41) is 3.74. The Bertz CT molecular complexity index is 572. The van der Waals surface area contributed by atoms with Gasteiger partial charge in [-0.1, -0.05) is 59.6 Å². The van der Waals surface area contributed by atoms with E-state index in [1.807, 2.05) is 32.0 Å². The summed E-state index contributed by atoms with van der Waals surface area (Å²) in [4.78, 5) is 8.67. The second-order valence-corrected chi connectivity index (χ2v) is 5.78. The molecule has 0 aliphatic rings. The highest BCUT2D eigenvalue weighted by atomic mass is 79.9. The molecule has 0 saturated carbocycles. The van der Waals surface area contributed by atoms with Crippen molar-refractivity contribution in [2.24, 2.45) is 0 Å². The van der Waals surface area contributed by atoms with Gasteiger partial charge in [0.15, 0.2) is 0 Å². The standard InChI is InChI=1S/C14H15BrClN3/c1-9(2)14-18-12(16)7-13(19-14)17-8-10-5-3-4-6-11(10)15/h3-7,9H,8H2,1-2H3,(H,17,18,19). The Morgan fingerprint density at radius 1 is 1.26 bits per heavy atom. The number of benzene rings is 1. The van der Waals surface area contributed by atoms with Gasteiger partial charge in [-0.3, -0.25) is 0 Å². The number of nitrogens with one attached hydrogen (secondary N) is 1. The molecule has 0 saturated heterocycles. The van der Waals surface area contributed by atoms with Crippen LogP contribution >= 0.6 is 27.5 Å². The van der Waals surface area contributed by atoms with Gasteiger partial charge in [-0.15, -0.1) is 0 Å². The zero-order chi connectivity index (χ0) is 13.8. The van der Waals surface area contributed by atoms with E-state index < -0.39 is 0 Å². The van der Waals surface area contributed by atoms with Crippen molar-refractivity contribution in [3.05, 3.63) is 51.3 Å². The van der Waals surface area contributed by atoms with Crippen LogP contribution in [0.25, 0.3) is 0 Å². The Balaban J connectivity index is 2.14. The van der Waals surface area contributed by atoms with E-state index in [0.29, 0.717) is 11.7 Å². The van der Waals surface area contributed by atoms with Gasteiger partial charge in [0.25, 0.3) is 0 Å². The first-order valence-electron chi connectivity index (χ1n) is 6.08. The molecule has 0 unspecified atom stereocenters. The normalized spacial score (nSPS) is 10.8. The molecule has 1 heterocycles. The molecule has 0 aliphatic carbocycles. The summed E-state index contributed by atoms with van der Waals surface area (Å²) in [7, 11) is 0. The maximum absolute atomic E-state index is 6.01. The Kier molecular flexibility index (Phi) is 4.77. The molecule has 1 aromatic carbocycles. The van der Waals surface area contributed by atoms with Crippen molar-refractivity contribution in [2.75, 3.05) is 5.32 Å². The summed E-state index contributed by atoms with van der Waals surface area (Å²) in [6.07, 6.45) is 0. The monoisotopic (exact) mass is 339 g/mol. The van der Waals surface area contributed by atoms with Crippen molar-refractivity contribution in [1.29, 1.82) is 0 Å². The predicted octanol–water partition coefficient (Wildman–Crippen LogP) is 4.63. The molecule has 1 N–H and O–H groups in total. The smallest absolute Gasteiger partial charge is 0.135 e. The topological polar surface area (TPSA) is 37.8 Å². The van der Waals surface area contributed by atoms with Crippen LogP contribution < -0.4 is 5.32 Å². The van der Waals surface area contributed by atoms with Gasteiger partial charge in [0, 0.05) is 23.0 Å². The minimum atomic E-state index is 0.253. The molecule has 0 fully saturated rings. The lowest BCUT2D eigenvalue weighted by atomic mass is 10.2. The van der Waals surface area contributed by atoms with Crippen molar-refractivity contribution in [2.45, 2.75) is 26.3 Å². The molecule has 0 amide bonds. The van der Waals surface area contributed by atoms with E-state index in [0.717, 1.165) is 16.1 Å². The predicted molar refractivity (Wildman–Crippen MR) is 82.6 cm³/mol. The van der Waals surface area contributed by atoms with E-state index in [-0.39, 0.29) is 5.92 Å². The molecule has 100 valence electrons. The Morgan fingerprint density at radius 2 is 2.00 bits per heavy atom. The lowest BCUT2D eigenvalue weighted by molar-refractivity contribution is 0.774. The average molecular weight is 341 g/mol. The number of hydrogen-bond donors (Lipinski definition) is 1. The molecule has 3 nitrogen and oxygen atoms in total. The summed E-state index contributed by atoms with van der Waals surface area (Å²) < 4.78 is 1.08. The van der Waals surface area contributed by atoms with Crippen LogP contribution in [0.4, 0.5) is 5.82 Å². The van der Waals surface area contributed by atoms with E-state index in [1.165, 1.54) is 5.56 Å². The quantitative estimate of drug-likeness (QED) is 0.825. The lowest BCUT2D eigenvalue weighted by Crippen LogP contribution is -2.06. The maximum Gasteiger partial charge on any atom is 0.135 e. The Morgan fingerprint density at radius 3 is 2.68 bits per heavy atom. The van der Waals surface area contributed by atoms with Crippen molar-refractivity contribution >= 4 is 33.3 Å². The third-order valence-corrected chi connectivity index (χ3v) is 3.61. The van der Waals surface area contributed by atoms with Gasteiger partial charge in [-0.05, 0) is 11.6 Å². The highest BCUT2D eigenvalue weighted by Crippen LogP contribution is 2.20. The summed E-state index contributed by atoms with van der Waals surface area (Å²) in [5.41, 5.74) is 1.17. The van der Waals surface area contributed by atoms with Crippen LogP contribution in [0, 0.1) is 0 Å². The third kappa shape index (κ3) is 3.91. The van der Waals surface area contributed by atoms with Gasteiger partial charge in [0.1, 0.15) is 16.8 Å². The fraction of sp³-hybridized carbons (Fsp3) is 0.286. The molecule has 5 heteroatoms. The van der Waals surface area contributed by atoms with Crippen molar-refractivity contribution in [3.63, 3.8) is 0 Å². The van der Waals surface area contributed by atoms with Gasteiger partial charge in [0.05, 0.1) is 0 Å². The molecule has 0 spiro atoms. The first-order valence-corrected chi connectivity index (χ1v) is 7.25. The summed E-state index contributed by atoms with van der Waals surface area (Å²) >= 11 is 9.53. The van der Waals surface area contributed by atoms with E-state index in [2.05, 4.69) is 37.3 Å². The van der Waals surface area contributed by atoms with Crippen LogP contribution in [0.3, 0.4) is 0 Å². The van der Waals surface area contributed by atoms with Crippen LogP contribution in [-0.2, 0) is 6.54 Å². The van der Waals surface area contributed by atoms with Crippen molar-refractivity contribution in [3.8, 4) is 0 Å². The zero-order valence-corrected chi connectivity index (χ0v) is 13.2. The highest BCUT2D eigenvalue weighted by molar-refractivity contribution is 9.10. The number of hydrogen-bond acceptors (Lipinski definition) is 3. The van der Waals surface area contributed by atoms with Crippen LogP contribution in [0.1, 0.15) is 31.2 Å². The van der Waals surface area contributed by atoms with Crippen LogP contribution in [-0.4, -0.2) is 9.97 Å². The van der Waals surface area contributed by atoms with E-state index >= 15 is 0 Å². The Labute approximate surface area is 126 Å². The van der Waals surface area contributed by atoms with Gasteiger partial charge >= 0.3 is 0 Å². The molecule has 0 bridgehead atoms. The molecule has 1 aromatic heterocycles. The molecule has 0 atom stereocenters. The number of anilines is 1. The largest absolute Gasteiger partial charge is 0.366 e. The van der Waals surface area contributed by atoms with E-state index in [1.54, 1.807) is 6.07 Å². The zero-order valence-electron chi connectivity index (χ0n) is 10.8. The van der Waals surface area contributed by atoms with Crippen molar-refractivity contribution in [1.82, 2.24) is 9.97 Å². The molecule has 0 aliphatic heterocycles. The van der Waals surface area contributed by atoms with Crippen LogP contribution in [0.15, 0.2) is 34.8 Å². The molecular weight excluding hydrogens is 326 g/mol. The SMILES string of the molecule is CC(C)c1nc(Cl)cc(NCc2ccccc2Br)n1. The molecular formula is C14H15BrClN3. The highest BCUT2D eigenvalue weighted by Gasteiger charge is 2.07. The lowest BCUT2D eigenvalue weighted by Gasteiger charge is -2.10. The second kappa shape index (κ2) is 6.35. The van der Waals surface area contributed by atoms with Gasteiger partial charge < -0.3 is 5.32 Å². The Hall–Kier alpha value is -1.13. The van der Waals surface area contributed by atoms with Gasteiger partial charge in [-0.2, -0.15) is 0 Å². The summed E-state index contributed by atoms with van der Waals surface area (Å²) in [6.45, 7) is 4.78. The van der Waals surface area contributed by atoms with Crippen LogP contribution in [0.2, 0.25) is 5.15 Å². The third-order valence-electron chi connectivity index (χ3n) is 2.65. The van der Waals surface area contributed by atoms with Crippen LogP contribution in [0.5, 0.6) is 0 Å². The van der Waals surface area contributed by atoms with E-state index in [4.69, 9.17) is 11.6 Å². The summed E-state index contributed by atoms with van der Waals surface area (Å²) in [6, 6.07) is 9.82. The average Bonchev–Trinajstić information content (AvgIpc) is 2.37. The van der Waals surface area contributed by atoms with Gasteiger partial charge in [0.2, 0.25) is 0 Å². The van der Waals surface area contributed by atoms with Gasteiger partial charge in [-0.25, -0.2) is 9.97 Å². The molecule has 19 heavy (non-hydrogen) atoms. The molecule has 2 rings (SSSR count). The van der Waals surface area contributed by atoms with E-state index in [9.17, 15) is 0 Å². The summed E-state index contributed by atoms with van der Waals surface area (Å²) in [5.74, 6) is 1.75. The maximum atomic E-state index is 6.01. The fourth-order valence-corrected chi connectivity index (χ4v) is 2.23. The minimum absolute atomic E-state index is 0.253. The number of aromatic nitrogens is 2.